The molecule has 3 heteroatoms. The lowest BCUT2D eigenvalue weighted by Gasteiger charge is -1.95. The highest BCUT2D eigenvalue weighted by atomic mass is 32.2. The highest BCUT2D eigenvalue weighted by Gasteiger charge is 2.15. The molecule has 2 rings (SSSR count). The van der Waals surface area contributed by atoms with Gasteiger partial charge in [0, 0.05) is 17.1 Å². The maximum atomic E-state index is 11.9. The topological polar surface area (TPSA) is 17.1 Å². The highest BCUT2D eigenvalue weighted by Crippen LogP contribution is 2.29. The van der Waals surface area contributed by atoms with Gasteiger partial charge in [-0.05, 0) is 43.6 Å². The van der Waals surface area contributed by atoms with Gasteiger partial charge in [-0.2, -0.15) is 11.8 Å². The predicted molar refractivity (Wildman–Crippen MR) is 72.9 cm³/mol. The third kappa shape index (κ3) is 2.89. The molecule has 0 bridgehead atoms. The Morgan fingerprint density at radius 2 is 2.19 bits per heavy atom. The standard InChI is InChI=1S/C13H18OS2/c1-15-8-7-11(14)13-9-10-5-3-2-4-6-12(10)16-13/h9H,2-8H2,1H3. The van der Waals surface area contributed by atoms with Crippen molar-refractivity contribution >= 4 is 28.9 Å². The van der Waals surface area contributed by atoms with Gasteiger partial charge in [0.15, 0.2) is 5.78 Å². The Morgan fingerprint density at radius 1 is 1.38 bits per heavy atom. The summed E-state index contributed by atoms with van der Waals surface area (Å²) in [6, 6.07) is 2.16. The van der Waals surface area contributed by atoms with Crippen molar-refractivity contribution in [2.24, 2.45) is 0 Å². The third-order valence-corrected chi connectivity index (χ3v) is 4.95. The number of Topliss-reactive ketones (excluding diaryl/α,β-unsaturated/α-hetero) is 1. The third-order valence-electron chi connectivity index (χ3n) is 3.05. The zero-order valence-electron chi connectivity index (χ0n) is 9.75. The molecule has 0 aromatic carbocycles. The monoisotopic (exact) mass is 254 g/mol. The van der Waals surface area contributed by atoms with Crippen LogP contribution in [0.5, 0.6) is 0 Å². The minimum Gasteiger partial charge on any atom is -0.293 e. The number of thioether (sulfide) groups is 1. The zero-order chi connectivity index (χ0) is 11.4. The van der Waals surface area contributed by atoms with Crippen LogP contribution < -0.4 is 0 Å². The number of ketones is 1. The van der Waals surface area contributed by atoms with E-state index in [2.05, 4.69) is 12.3 Å². The summed E-state index contributed by atoms with van der Waals surface area (Å²) in [4.78, 5) is 14.4. The second kappa shape index (κ2) is 5.87. The van der Waals surface area contributed by atoms with E-state index < -0.39 is 0 Å². The van der Waals surface area contributed by atoms with Crippen molar-refractivity contribution in [1.29, 1.82) is 0 Å². The van der Waals surface area contributed by atoms with Gasteiger partial charge in [-0.1, -0.05) is 6.42 Å². The first-order valence-corrected chi connectivity index (χ1v) is 8.16. The lowest BCUT2D eigenvalue weighted by atomic mass is 10.1. The van der Waals surface area contributed by atoms with E-state index in [1.807, 2.05) is 0 Å². The largest absolute Gasteiger partial charge is 0.293 e. The van der Waals surface area contributed by atoms with Gasteiger partial charge in [0.25, 0.3) is 0 Å². The number of carbonyl (C=O) groups excluding carboxylic acids is 1. The lowest BCUT2D eigenvalue weighted by Crippen LogP contribution is -1.97. The Morgan fingerprint density at radius 3 is 3.00 bits per heavy atom. The molecule has 0 spiro atoms. The fourth-order valence-electron chi connectivity index (χ4n) is 2.12. The van der Waals surface area contributed by atoms with Crippen molar-refractivity contribution in [1.82, 2.24) is 0 Å². The number of carbonyl (C=O) groups is 1. The fraction of sp³-hybridized carbons (Fsp3) is 0.615. The number of fused-ring (bicyclic) bond motifs is 1. The molecule has 1 aliphatic rings. The SMILES string of the molecule is CSCCC(=O)c1cc2c(s1)CCCCC2. The number of aryl methyl sites for hydroxylation is 2. The maximum absolute atomic E-state index is 11.9. The fourth-order valence-corrected chi connectivity index (χ4v) is 3.73. The van der Waals surface area contributed by atoms with Crippen LogP contribution in [0.15, 0.2) is 6.07 Å². The van der Waals surface area contributed by atoms with Gasteiger partial charge in [0.05, 0.1) is 4.88 Å². The number of hydrogen-bond donors (Lipinski definition) is 0. The summed E-state index contributed by atoms with van der Waals surface area (Å²) in [6.45, 7) is 0. The van der Waals surface area contributed by atoms with Gasteiger partial charge in [0.2, 0.25) is 0 Å². The van der Waals surface area contributed by atoms with E-state index in [1.165, 1.54) is 42.5 Å². The molecule has 1 heterocycles. The van der Waals surface area contributed by atoms with E-state index in [0.717, 1.165) is 10.6 Å². The molecule has 0 unspecified atom stereocenters. The molecule has 0 saturated heterocycles. The molecule has 0 atom stereocenters. The minimum atomic E-state index is 0.340. The molecule has 16 heavy (non-hydrogen) atoms. The summed E-state index contributed by atoms with van der Waals surface area (Å²) < 4.78 is 0. The summed E-state index contributed by atoms with van der Waals surface area (Å²) in [5.74, 6) is 1.29. The van der Waals surface area contributed by atoms with Crippen LogP contribution in [0.25, 0.3) is 0 Å². The molecule has 1 nitrogen and oxygen atoms in total. The van der Waals surface area contributed by atoms with Crippen LogP contribution in [-0.4, -0.2) is 17.8 Å². The summed E-state index contributed by atoms with van der Waals surface area (Å²) >= 11 is 3.50. The number of thiophene rings is 1. The molecule has 0 amide bonds. The average molecular weight is 254 g/mol. The highest BCUT2D eigenvalue weighted by molar-refractivity contribution is 7.98. The van der Waals surface area contributed by atoms with Crippen LogP contribution >= 0.6 is 23.1 Å². The Hall–Kier alpha value is -0.280. The summed E-state index contributed by atoms with van der Waals surface area (Å²) in [6.07, 6.45) is 9.06. The van der Waals surface area contributed by atoms with E-state index in [-0.39, 0.29) is 0 Å². The van der Waals surface area contributed by atoms with Crippen LogP contribution in [0.1, 0.15) is 45.8 Å². The molecule has 0 aliphatic heterocycles. The first kappa shape index (κ1) is 12.2. The van der Waals surface area contributed by atoms with Crippen molar-refractivity contribution < 1.29 is 4.79 Å². The van der Waals surface area contributed by atoms with Crippen molar-refractivity contribution in [3.8, 4) is 0 Å². The predicted octanol–water partition coefficient (Wildman–Crippen LogP) is 3.95. The van der Waals surface area contributed by atoms with E-state index in [9.17, 15) is 4.79 Å². The van der Waals surface area contributed by atoms with Crippen LogP contribution in [0.4, 0.5) is 0 Å². The molecule has 0 fully saturated rings. The van der Waals surface area contributed by atoms with E-state index in [4.69, 9.17) is 0 Å². The molecular weight excluding hydrogens is 236 g/mol. The van der Waals surface area contributed by atoms with Crippen LogP contribution in [0, 0.1) is 0 Å². The number of hydrogen-bond acceptors (Lipinski definition) is 3. The summed E-state index contributed by atoms with van der Waals surface area (Å²) in [5, 5.41) is 0. The van der Waals surface area contributed by atoms with Gasteiger partial charge in [-0.15, -0.1) is 11.3 Å². The first-order valence-electron chi connectivity index (χ1n) is 5.95. The molecule has 1 aromatic rings. The zero-order valence-corrected chi connectivity index (χ0v) is 11.4. The molecule has 0 saturated carbocycles. The Balaban J connectivity index is 2.08. The smallest absolute Gasteiger partial charge is 0.173 e. The Labute approximate surface area is 106 Å². The van der Waals surface area contributed by atoms with Crippen molar-refractivity contribution in [3.63, 3.8) is 0 Å². The van der Waals surface area contributed by atoms with Gasteiger partial charge < -0.3 is 0 Å². The second-order valence-corrected chi connectivity index (χ2v) is 6.41. The summed E-state index contributed by atoms with van der Waals surface area (Å²) in [5.41, 5.74) is 1.45. The average Bonchev–Trinajstić information content (AvgIpc) is 2.58. The quantitative estimate of drug-likeness (QED) is 0.598. The van der Waals surface area contributed by atoms with Gasteiger partial charge in [-0.25, -0.2) is 0 Å². The molecule has 1 aliphatic carbocycles. The van der Waals surface area contributed by atoms with Gasteiger partial charge in [-0.3, -0.25) is 4.79 Å². The molecule has 1 aromatic heterocycles. The van der Waals surface area contributed by atoms with E-state index in [1.54, 1.807) is 23.1 Å². The van der Waals surface area contributed by atoms with Gasteiger partial charge >= 0.3 is 0 Å². The lowest BCUT2D eigenvalue weighted by molar-refractivity contribution is 0.0993. The van der Waals surface area contributed by atoms with Crippen LogP contribution in [0.3, 0.4) is 0 Å². The number of rotatable bonds is 4. The van der Waals surface area contributed by atoms with Crippen molar-refractivity contribution in [2.75, 3.05) is 12.0 Å². The Kier molecular flexibility index (Phi) is 4.47. The summed E-state index contributed by atoms with van der Waals surface area (Å²) in [7, 11) is 0. The normalized spacial score (nSPS) is 15.6. The molecule has 0 N–H and O–H groups in total. The molecule has 0 radical (unpaired) electrons. The van der Waals surface area contributed by atoms with Gasteiger partial charge in [0.1, 0.15) is 0 Å². The Bertz CT molecular complexity index is 345. The van der Waals surface area contributed by atoms with E-state index >= 15 is 0 Å². The van der Waals surface area contributed by atoms with Crippen LogP contribution in [0.2, 0.25) is 0 Å². The van der Waals surface area contributed by atoms with Crippen molar-refractivity contribution in [3.05, 3.63) is 21.4 Å². The van der Waals surface area contributed by atoms with E-state index in [0.29, 0.717) is 12.2 Å². The minimum absolute atomic E-state index is 0.340. The maximum Gasteiger partial charge on any atom is 0.173 e. The molecule has 88 valence electrons. The van der Waals surface area contributed by atoms with Crippen LogP contribution in [-0.2, 0) is 12.8 Å². The molecular formula is C13H18OS2. The second-order valence-electron chi connectivity index (χ2n) is 4.29. The van der Waals surface area contributed by atoms with Crippen molar-refractivity contribution in [2.45, 2.75) is 38.5 Å². The first-order chi connectivity index (χ1) is 7.81.